The van der Waals surface area contributed by atoms with Gasteiger partial charge < -0.3 is 5.32 Å². The lowest BCUT2D eigenvalue weighted by molar-refractivity contribution is 0.988. The standard InChI is InChI=1S/C16H15N/c1-2-9-14(10-3-1)17-16-12-6-8-13-7-4-5-11-15(13)16/h1-4,6-10,12,17H,5,11H2. The summed E-state index contributed by atoms with van der Waals surface area (Å²) in [5.41, 5.74) is 5.16. The quantitative estimate of drug-likeness (QED) is 0.793. The molecule has 1 nitrogen and oxygen atoms in total. The predicted molar refractivity (Wildman–Crippen MR) is 73.5 cm³/mol. The fourth-order valence-electron chi connectivity index (χ4n) is 2.27. The number of allylic oxidation sites excluding steroid dienone is 1. The molecule has 0 fully saturated rings. The number of nitrogens with one attached hydrogen (secondary N) is 1. The van der Waals surface area contributed by atoms with Crippen LogP contribution in [0.15, 0.2) is 54.6 Å². The molecule has 0 bridgehead atoms. The van der Waals surface area contributed by atoms with Crippen molar-refractivity contribution >= 4 is 17.5 Å². The molecule has 2 aromatic rings. The van der Waals surface area contributed by atoms with E-state index in [0.717, 1.165) is 18.5 Å². The Morgan fingerprint density at radius 3 is 2.65 bits per heavy atom. The summed E-state index contributed by atoms with van der Waals surface area (Å²) in [4.78, 5) is 0. The molecule has 3 rings (SSSR count). The van der Waals surface area contributed by atoms with Gasteiger partial charge in [-0.1, -0.05) is 42.5 Å². The number of para-hydroxylation sites is 1. The average Bonchev–Trinajstić information content (AvgIpc) is 2.40. The van der Waals surface area contributed by atoms with E-state index in [-0.39, 0.29) is 0 Å². The van der Waals surface area contributed by atoms with Crippen LogP contribution in [-0.4, -0.2) is 0 Å². The molecule has 0 heterocycles. The third-order valence-electron chi connectivity index (χ3n) is 3.12. The molecule has 0 atom stereocenters. The Labute approximate surface area is 102 Å². The maximum atomic E-state index is 3.50. The molecule has 0 saturated heterocycles. The molecule has 0 amide bonds. The van der Waals surface area contributed by atoms with Crippen molar-refractivity contribution in [2.24, 2.45) is 0 Å². The Morgan fingerprint density at radius 2 is 1.76 bits per heavy atom. The van der Waals surface area contributed by atoms with Crippen molar-refractivity contribution in [2.75, 3.05) is 5.32 Å². The van der Waals surface area contributed by atoms with Crippen molar-refractivity contribution in [3.05, 3.63) is 65.7 Å². The Morgan fingerprint density at radius 1 is 0.882 bits per heavy atom. The number of rotatable bonds is 2. The zero-order valence-corrected chi connectivity index (χ0v) is 9.69. The number of benzene rings is 2. The largest absolute Gasteiger partial charge is 0.355 e. The third kappa shape index (κ3) is 2.09. The second-order valence-corrected chi connectivity index (χ2v) is 4.31. The van der Waals surface area contributed by atoms with Gasteiger partial charge in [-0.05, 0) is 42.2 Å². The topological polar surface area (TPSA) is 12.0 Å². The maximum Gasteiger partial charge on any atom is 0.0422 e. The van der Waals surface area contributed by atoms with Crippen LogP contribution in [0, 0.1) is 0 Å². The summed E-state index contributed by atoms with van der Waals surface area (Å²) in [6.07, 6.45) is 6.73. The predicted octanol–water partition coefficient (Wildman–Crippen LogP) is 4.39. The minimum absolute atomic E-state index is 1.13. The summed E-state index contributed by atoms with van der Waals surface area (Å²) in [5.74, 6) is 0. The molecular formula is C16H15N. The highest BCUT2D eigenvalue weighted by molar-refractivity contribution is 5.70. The monoisotopic (exact) mass is 221 g/mol. The molecule has 0 aromatic heterocycles. The van der Waals surface area contributed by atoms with Crippen molar-refractivity contribution in [1.82, 2.24) is 0 Å². The second kappa shape index (κ2) is 4.46. The summed E-state index contributed by atoms with van der Waals surface area (Å²) in [6.45, 7) is 0. The van der Waals surface area contributed by atoms with Gasteiger partial charge in [0.2, 0.25) is 0 Å². The van der Waals surface area contributed by atoms with Gasteiger partial charge in [0.15, 0.2) is 0 Å². The van der Waals surface area contributed by atoms with Crippen molar-refractivity contribution in [1.29, 1.82) is 0 Å². The number of anilines is 2. The number of hydrogen-bond acceptors (Lipinski definition) is 1. The lowest BCUT2D eigenvalue weighted by atomic mass is 9.95. The fraction of sp³-hybridized carbons (Fsp3) is 0.125. The van der Waals surface area contributed by atoms with E-state index in [1.165, 1.54) is 16.8 Å². The van der Waals surface area contributed by atoms with Gasteiger partial charge in [0, 0.05) is 11.4 Å². The van der Waals surface area contributed by atoms with Crippen LogP contribution in [0.5, 0.6) is 0 Å². The molecule has 1 aliphatic carbocycles. The fourth-order valence-corrected chi connectivity index (χ4v) is 2.27. The summed E-state index contributed by atoms with van der Waals surface area (Å²) in [7, 11) is 0. The first-order chi connectivity index (χ1) is 8.43. The van der Waals surface area contributed by atoms with Crippen LogP contribution in [0.1, 0.15) is 17.5 Å². The lowest BCUT2D eigenvalue weighted by Crippen LogP contribution is -2.00. The van der Waals surface area contributed by atoms with Crippen molar-refractivity contribution in [2.45, 2.75) is 12.8 Å². The van der Waals surface area contributed by atoms with E-state index in [1.54, 1.807) is 0 Å². The van der Waals surface area contributed by atoms with E-state index in [0.29, 0.717) is 0 Å². The Bertz CT molecular complexity index is 541. The third-order valence-corrected chi connectivity index (χ3v) is 3.12. The first-order valence-electron chi connectivity index (χ1n) is 6.04. The van der Waals surface area contributed by atoms with Crippen LogP contribution in [0.4, 0.5) is 11.4 Å². The molecule has 1 heteroatoms. The van der Waals surface area contributed by atoms with Crippen LogP contribution in [0.3, 0.4) is 0 Å². The molecule has 0 spiro atoms. The van der Waals surface area contributed by atoms with E-state index < -0.39 is 0 Å². The van der Waals surface area contributed by atoms with E-state index in [1.807, 2.05) is 6.07 Å². The van der Waals surface area contributed by atoms with Crippen LogP contribution in [0.25, 0.3) is 6.08 Å². The summed E-state index contributed by atoms with van der Waals surface area (Å²) in [6, 6.07) is 16.8. The smallest absolute Gasteiger partial charge is 0.0422 e. The SMILES string of the molecule is C1=Cc2cccc(Nc3ccccc3)c2CC1. The lowest BCUT2D eigenvalue weighted by Gasteiger charge is -2.16. The van der Waals surface area contributed by atoms with Gasteiger partial charge in [0.05, 0.1) is 0 Å². The zero-order chi connectivity index (χ0) is 11.5. The Balaban J connectivity index is 1.96. The Kier molecular flexibility index (Phi) is 2.66. The molecule has 0 unspecified atom stereocenters. The molecule has 0 aliphatic heterocycles. The molecule has 2 aromatic carbocycles. The normalized spacial score (nSPS) is 13.2. The minimum Gasteiger partial charge on any atom is -0.355 e. The molecule has 1 N–H and O–H groups in total. The second-order valence-electron chi connectivity index (χ2n) is 4.31. The van der Waals surface area contributed by atoms with Crippen LogP contribution in [0.2, 0.25) is 0 Å². The molecular weight excluding hydrogens is 206 g/mol. The van der Waals surface area contributed by atoms with Gasteiger partial charge in [0.25, 0.3) is 0 Å². The molecule has 1 aliphatic rings. The minimum atomic E-state index is 1.13. The number of fused-ring (bicyclic) bond motifs is 1. The zero-order valence-electron chi connectivity index (χ0n) is 9.69. The van der Waals surface area contributed by atoms with Gasteiger partial charge in [-0.3, -0.25) is 0 Å². The van der Waals surface area contributed by atoms with E-state index in [4.69, 9.17) is 0 Å². The van der Waals surface area contributed by atoms with E-state index >= 15 is 0 Å². The summed E-state index contributed by atoms with van der Waals surface area (Å²) < 4.78 is 0. The summed E-state index contributed by atoms with van der Waals surface area (Å²) >= 11 is 0. The van der Waals surface area contributed by atoms with Crippen molar-refractivity contribution in [3.63, 3.8) is 0 Å². The van der Waals surface area contributed by atoms with Crippen LogP contribution >= 0.6 is 0 Å². The molecule has 0 radical (unpaired) electrons. The molecule has 17 heavy (non-hydrogen) atoms. The van der Waals surface area contributed by atoms with Crippen molar-refractivity contribution < 1.29 is 0 Å². The van der Waals surface area contributed by atoms with Gasteiger partial charge in [-0.2, -0.15) is 0 Å². The highest BCUT2D eigenvalue weighted by atomic mass is 14.9. The summed E-state index contributed by atoms with van der Waals surface area (Å²) in [5, 5.41) is 3.50. The maximum absolute atomic E-state index is 3.50. The van der Waals surface area contributed by atoms with E-state index in [9.17, 15) is 0 Å². The Hall–Kier alpha value is -2.02. The van der Waals surface area contributed by atoms with Crippen molar-refractivity contribution in [3.8, 4) is 0 Å². The molecule has 0 saturated carbocycles. The van der Waals surface area contributed by atoms with Gasteiger partial charge in [-0.25, -0.2) is 0 Å². The van der Waals surface area contributed by atoms with Gasteiger partial charge >= 0.3 is 0 Å². The first kappa shape index (κ1) is 10.2. The first-order valence-corrected chi connectivity index (χ1v) is 6.04. The van der Waals surface area contributed by atoms with E-state index in [2.05, 4.69) is 59.9 Å². The van der Waals surface area contributed by atoms with Gasteiger partial charge in [0.1, 0.15) is 0 Å². The van der Waals surface area contributed by atoms with Crippen LogP contribution in [-0.2, 0) is 6.42 Å². The highest BCUT2D eigenvalue weighted by Crippen LogP contribution is 2.28. The highest BCUT2D eigenvalue weighted by Gasteiger charge is 2.08. The average molecular weight is 221 g/mol. The van der Waals surface area contributed by atoms with Crippen LogP contribution < -0.4 is 5.32 Å². The van der Waals surface area contributed by atoms with Gasteiger partial charge in [-0.15, -0.1) is 0 Å². The molecule has 84 valence electrons. The number of hydrogen-bond donors (Lipinski definition) is 1.